The number of hydrogen-bond donors (Lipinski definition) is 0. The van der Waals surface area contributed by atoms with E-state index >= 15 is 0 Å². The van der Waals surface area contributed by atoms with Crippen LogP contribution in [0.3, 0.4) is 0 Å². The summed E-state index contributed by atoms with van der Waals surface area (Å²) in [7, 11) is 1.73. The van der Waals surface area contributed by atoms with Crippen LogP contribution in [0.4, 0.5) is 5.69 Å². The van der Waals surface area contributed by atoms with Crippen molar-refractivity contribution in [3.8, 4) is 5.75 Å². The van der Waals surface area contributed by atoms with Crippen molar-refractivity contribution in [1.82, 2.24) is 0 Å². The molecule has 3 unspecified atom stereocenters. The molecule has 2 nitrogen and oxygen atoms in total. The number of ether oxygens (including phenoxy) is 1. The zero-order chi connectivity index (χ0) is 11.8. The van der Waals surface area contributed by atoms with Crippen LogP contribution < -0.4 is 9.64 Å². The van der Waals surface area contributed by atoms with E-state index in [2.05, 4.69) is 29.2 Å². The number of piperidine rings is 1. The van der Waals surface area contributed by atoms with E-state index in [1.807, 2.05) is 0 Å². The maximum Gasteiger partial charge on any atom is -0.147 e. The van der Waals surface area contributed by atoms with Gasteiger partial charge in [-0.05, 0) is 0 Å². The molecule has 0 spiro atoms. The third-order valence-corrected chi connectivity index (χ3v) is 8.03. The fourth-order valence-electron chi connectivity index (χ4n) is 3.41. The minimum atomic E-state index is 0. The predicted molar refractivity (Wildman–Crippen MR) is 72.5 cm³/mol. The van der Waals surface area contributed by atoms with Gasteiger partial charge in [0.15, 0.2) is 0 Å². The summed E-state index contributed by atoms with van der Waals surface area (Å²) in [4.78, 5) is 2.71. The number of anilines is 1. The average molecular weight is 453 g/mol. The Morgan fingerprint density at radius 2 is 1.78 bits per heavy atom. The Hall–Kier alpha value is 0.0451. The third kappa shape index (κ3) is 2.51. The fourth-order valence-corrected chi connectivity index (χ4v) is 6.13. The van der Waals surface area contributed by atoms with E-state index in [9.17, 15) is 0 Å². The normalized spacial score (nSPS) is 29.9. The molecule has 0 aliphatic carbocycles. The van der Waals surface area contributed by atoms with Crippen LogP contribution in [0.25, 0.3) is 0 Å². The number of halogens is 1. The Bertz CT molecular complexity index is 397. The Kier molecular flexibility index (Phi) is 4.82. The smallest absolute Gasteiger partial charge is 0.147 e. The maximum absolute atomic E-state index is 5.24. The molecule has 1 aromatic carbocycles. The number of rotatable bonds is 2. The molecule has 3 atom stereocenters. The Labute approximate surface area is 131 Å². The van der Waals surface area contributed by atoms with Crippen LogP contribution in [-0.2, 0) is 26.1 Å². The van der Waals surface area contributed by atoms with Crippen molar-refractivity contribution < 1.29 is 30.9 Å². The minimum Gasteiger partial charge on any atom is -0.147 e. The molecule has 2 aliphatic rings. The molecule has 2 aliphatic heterocycles. The van der Waals surface area contributed by atoms with Gasteiger partial charge >= 0.3 is 120 Å². The molecule has 0 aromatic heterocycles. The SMILES string of the molecule is COc1ccc(N2C3CC[CH]([Hg])C2CC3)cc1.Cl. The molecule has 1 aromatic rings. The van der Waals surface area contributed by atoms with E-state index in [0.717, 1.165) is 47.4 Å². The van der Waals surface area contributed by atoms with Gasteiger partial charge in [-0.15, -0.1) is 12.4 Å². The number of hydrogen-bond acceptors (Lipinski definition) is 2. The van der Waals surface area contributed by atoms with Crippen LogP contribution in [0.5, 0.6) is 5.75 Å². The molecule has 95 valence electrons. The van der Waals surface area contributed by atoms with Crippen LogP contribution in [0.15, 0.2) is 24.3 Å². The molecule has 2 saturated heterocycles. The second-order valence-electron chi connectivity index (χ2n) is 5.24. The van der Waals surface area contributed by atoms with Gasteiger partial charge in [-0.25, -0.2) is 0 Å². The molecule has 2 bridgehead atoms. The summed E-state index contributed by atoms with van der Waals surface area (Å²) >= 11 is 0.917. The van der Waals surface area contributed by atoms with Gasteiger partial charge in [-0.1, -0.05) is 0 Å². The zero-order valence-corrected chi connectivity index (χ0v) is 17.2. The Balaban J connectivity index is 0.00000120. The van der Waals surface area contributed by atoms with Crippen LogP contribution in [0.2, 0.25) is 3.43 Å². The number of benzene rings is 1. The molecule has 0 N–H and O–H groups in total. The number of fused-ring (bicyclic) bond motifs is 2. The van der Waals surface area contributed by atoms with Gasteiger partial charge in [0.1, 0.15) is 0 Å². The zero-order valence-electron chi connectivity index (χ0n) is 10.8. The summed E-state index contributed by atoms with van der Waals surface area (Å²) < 4.78 is 6.28. The first-order chi connectivity index (χ1) is 8.29. The summed E-state index contributed by atoms with van der Waals surface area (Å²) in [6.07, 6.45) is 5.73. The van der Waals surface area contributed by atoms with E-state index in [0.29, 0.717) is 0 Å². The van der Waals surface area contributed by atoms with E-state index in [-0.39, 0.29) is 12.4 Å². The fraction of sp³-hybridized carbons (Fsp3) is 0.571. The second-order valence-corrected chi connectivity index (χ2v) is 9.32. The van der Waals surface area contributed by atoms with Gasteiger partial charge in [0, 0.05) is 0 Å². The standard InChI is InChI=1S/C14H18NO.ClH.Hg/c1-16-14-9-7-13(8-10-14)15-11-3-2-4-12(15)6-5-11;;/h3,7-12H,2,4-6H2,1H3;1H;. The number of nitrogens with zero attached hydrogens (tertiary/aromatic N) is 1. The molecular formula is C14H19ClHgNO. The van der Waals surface area contributed by atoms with Gasteiger partial charge in [0.05, 0.1) is 0 Å². The minimum absolute atomic E-state index is 0. The van der Waals surface area contributed by atoms with Crippen molar-refractivity contribution in [3.63, 3.8) is 0 Å². The molecule has 18 heavy (non-hydrogen) atoms. The van der Waals surface area contributed by atoms with E-state index in [1.54, 1.807) is 7.11 Å². The molecule has 0 amide bonds. The maximum atomic E-state index is 5.24. The first kappa shape index (κ1) is 14.5. The largest absolute Gasteiger partial charge is 0.147 e. The van der Waals surface area contributed by atoms with Crippen molar-refractivity contribution in [2.24, 2.45) is 0 Å². The summed E-state index contributed by atoms with van der Waals surface area (Å²) in [6, 6.07) is 10.3. The quantitative estimate of drug-likeness (QED) is 0.635. The third-order valence-electron chi connectivity index (χ3n) is 4.33. The van der Waals surface area contributed by atoms with Crippen LogP contribution >= 0.6 is 12.4 Å². The molecule has 3 rings (SSSR count). The predicted octanol–water partition coefficient (Wildman–Crippen LogP) is 3.58. The van der Waals surface area contributed by atoms with Gasteiger partial charge in [-0.3, -0.25) is 0 Å². The monoisotopic (exact) mass is 454 g/mol. The first-order valence-electron chi connectivity index (χ1n) is 6.55. The summed E-state index contributed by atoms with van der Waals surface area (Å²) in [6.45, 7) is 0. The summed E-state index contributed by atoms with van der Waals surface area (Å²) in [5.74, 6) is 0.962. The first-order valence-corrected chi connectivity index (χ1v) is 9.72. The molecular weight excluding hydrogens is 434 g/mol. The summed E-state index contributed by atoms with van der Waals surface area (Å²) in [5, 5.41) is 0. The van der Waals surface area contributed by atoms with Crippen LogP contribution in [0.1, 0.15) is 25.7 Å². The second kappa shape index (κ2) is 6.00. The number of methoxy groups -OCH3 is 1. The average Bonchev–Trinajstić information content (AvgIpc) is 2.71. The van der Waals surface area contributed by atoms with Crippen LogP contribution in [-0.4, -0.2) is 19.2 Å². The molecule has 0 radical (unpaired) electrons. The van der Waals surface area contributed by atoms with E-state index in [4.69, 9.17) is 4.74 Å². The van der Waals surface area contributed by atoms with Crippen molar-refractivity contribution in [2.45, 2.75) is 41.2 Å². The van der Waals surface area contributed by atoms with Crippen LogP contribution in [0, 0.1) is 0 Å². The van der Waals surface area contributed by atoms with Crippen molar-refractivity contribution in [1.29, 1.82) is 0 Å². The van der Waals surface area contributed by atoms with Gasteiger partial charge < -0.3 is 0 Å². The van der Waals surface area contributed by atoms with E-state index in [1.165, 1.54) is 31.4 Å². The molecule has 2 fully saturated rings. The Morgan fingerprint density at radius 1 is 1.11 bits per heavy atom. The topological polar surface area (TPSA) is 12.5 Å². The van der Waals surface area contributed by atoms with Gasteiger partial charge in [0.2, 0.25) is 0 Å². The molecule has 2 heterocycles. The molecule has 0 saturated carbocycles. The summed E-state index contributed by atoms with van der Waals surface area (Å²) in [5.41, 5.74) is 1.41. The van der Waals surface area contributed by atoms with Gasteiger partial charge in [-0.2, -0.15) is 0 Å². The Morgan fingerprint density at radius 3 is 2.44 bits per heavy atom. The van der Waals surface area contributed by atoms with Crippen molar-refractivity contribution in [2.75, 3.05) is 12.0 Å². The van der Waals surface area contributed by atoms with Gasteiger partial charge in [0.25, 0.3) is 0 Å². The molecule has 4 heteroatoms. The van der Waals surface area contributed by atoms with E-state index < -0.39 is 0 Å². The van der Waals surface area contributed by atoms with Crippen molar-refractivity contribution >= 4 is 18.1 Å². The van der Waals surface area contributed by atoms with Crippen molar-refractivity contribution in [3.05, 3.63) is 24.3 Å².